The molecule has 0 atom stereocenters. The van der Waals surface area contributed by atoms with Gasteiger partial charge in [-0.1, -0.05) is 6.92 Å². The highest BCUT2D eigenvalue weighted by molar-refractivity contribution is 5.46. The van der Waals surface area contributed by atoms with Gasteiger partial charge in [0.2, 0.25) is 0 Å². The zero-order chi connectivity index (χ0) is 10.8. The van der Waals surface area contributed by atoms with E-state index < -0.39 is 0 Å². The summed E-state index contributed by atoms with van der Waals surface area (Å²) in [4.78, 5) is 9.25. The molecule has 1 fully saturated rings. The maximum Gasteiger partial charge on any atom is 0.134 e. The Labute approximate surface area is 91.3 Å². The van der Waals surface area contributed by atoms with E-state index in [1.807, 2.05) is 0 Å². The molecular formula is C12H19N3. The first-order chi connectivity index (χ1) is 7.26. The van der Waals surface area contributed by atoms with Crippen molar-refractivity contribution in [3.05, 3.63) is 17.1 Å². The van der Waals surface area contributed by atoms with Crippen molar-refractivity contribution in [2.24, 2.45) is 0 Å². The largest absolute Gasteiger partial charge is 0.370 e. The number of anilines is 1. The Bertz CT molecular complexity index is 356. The number of nitrogens with one attached hydrogen (secondary N) is 1. The van der Waals surface area contributed by atoms with E-state index in [9.17, 15) is 0 Å². The van der Waals surface area contributed by atoms with E-state index in [-0.39, 0.29) is 0 Å². The van der Waals surface area contributed by atoms with Gasteiger partial charge in [-0.05, 0) is 33.1 Å². The van der Waals surface area contributed by atoms with E-state index in [1.54, 1.807) is 0 Å². The van der Waals surface area contributed by atoms with Crippen LogP contribution >= 0.6 is 0 Å². The highest BCUT2D eigenvalue weighted by Crippen LogP contribution is 2.38. The zero-order valence-corrected chi connectivity index (χ0v) is 9.80. The van der Waals surface area contributed by atoms with Crippen LogP contribution in [0.4, 0.5) is 5.82 Å². The van der Waals surface area contributed by atoms with Crippen molar-refractivity contribution >= 4 is 5.82 Å². The Morgan fingerprint density at radius 3 is 2.53 bits per heavy atom. The first-order valence-corrected chi connectivity index (χ1v) is 5.87. The highest BCUT2D eigenvalue weighted by atomic mass is 15.0. The first kappa shape index (κ1) is 10.4. The van der Waals surface area contributed by atoms with E-state index in [4.69, 9.17) is 0 Å². The second-order valence-corrected chi connectivity index (χ2v) is 4.16. The van der Waals surface area contributed by atoms with Crippen molar-refractivity contribution in [3.8, 4) is 0 Å². The summed E-state index contributed by atoms with van der Waals surface area (Å²) in [6.07, 6.45) is 3.52. The molecule has 1 aromatic rings. The minimum atomic E-state index is 0.633. The lowest BCUT2D eigenvalue weighted by Gasteiger charge is -2.11. The van der Waals surface area contributed by atoms with Crippen molar-refractivity contribution in [1.82, 2.24) is 9.97 Å². The fraction of sp³-hybridized carbons (Fsp3) is 0.667. The molecule has 2 rings (SSSR count). The van der Waals surface area contributed by atoms with Crippen LogP contribution in [0.2, 0.25) is 0 Å². The predicted molar refractivity (Wildman–Crippen MR) is 62.3 cm³/mol. The van der Waals surface area contributed by atoms with Crippen molar-refractivity contribution in [3.63, 3.8) is 0 Å². The second-order valence-electron chi connectivity index (χ2n) is 4.16. The van der Waals surface area contributed by atoms with Crippen LogP contribution in [0.25, 0.3) is 0 Å². The molecule has 0 radical (unpaired) electrons. The van der Waals surface area contributed by atoms with E-state index in [0.717, 1.165) is 24.6 Å². The summed E-state index contributed by atoms with van der Waals surface area (Å²) in [5, 5.41) is 3.32. The summed E-state index contributed by atoms with van der Waals surface area (Å²) in [5.74, 6) is 2.72. The Balaban J connectivity index is 2.37. The number of hydrogen-bond donors (Lipinski definition) is 1. The van der Waals surface area contributed by atoms with Crippen LogP contribution in [-0.4, -0.2) is 16.5 Å². The minimum absolute atomic E-state index is 0.633. The summed E-state index contributed by atoms with van der Waals surface area (Å²) in [7, 11) is 0. The molecular weight excluding hydrogens is 186 g/mol. The number of nitrogens with zero attached hydrogens (tertiary/aromatic N) is 2. The monoisotopic (exact) mass is 205 g/mol. The average Bonchev–Trinajstić information content (AvgIpc) is 3.05. The molecule has 1 aromatic heterocycles. The van der Waals surface area contributed by atoms with Gasteiger partial charge in [0.05, 0.1) is 0 Å². The van der Waals surface area contributed by atoms with Crippen LogP contribution in [-0.2, 0) is 6.42 Å². The topological polar surface area (TPSA) is 37.8 Å². The van der Waals surface area contributed by atoms with Gasteiger partial charge in [0.1, 0.15) is 11.6 Å². The summed E-state index contributed by atoms with van der Waals surface area (Å²) in [5.41, 5.74) is 2.41. The molecule has 0 bridgehead atoms. The molecule has 1 heterocycles. The van der Waals surface area contributed by atoms with Gasteiger partial charge >= 0.3 is 0 Å². The van der Waals surface area contributed by atoms with Crippen molar-refractivity contribution in [1.29, 1.82) is 0 Å². The highest BCUT2D eigenvalue weighted by Gasteiger charge is 2.27. The molecule has 15 heavy (non-hydrogen) atoms. The molecule has 0 aliphatic heterocycles. The lowest BCUT2D eigenvalue weighted by atomic mass is 10.2. The van der Waals surface area contributed by atoms with Crippen LogP contribution in [0.5, 0.6) is 0 Å². The van der Waals surface area contributed by atoms with Gasteiger partial charge in [0.25, 0.3) is 0 Å². The van der Waals surface area contributed by atoms with Crippen LogP contribution in [0.3, 0.4) is 0 Å². The third-order valence-electron chi connectivity index (χ3n) is 2.89. The Hall–Kier alpha value is -1.12. The lowest BCUT2D eigenvalue weighted by Crippen LogP contribution is -2.08. The van der Waals surface area contributed by atoms with Crippen molar-refractivity contribution in [2.75, 3.05) is 11.9 Å². The predicted octanol–water partition coefficient (Wildman–Crippen LogP) is 2.66. The van der Waals surface area contributed by atoms with Crippen LogP contribution in [0.15, 0.2) is 0 Å². The standard InChI is InChI=1S/C12H19N3/c1-4-10-8(3)11(13-5-2)15-12(14-10)9-6-7-9/h9H,4-7H2,1-3H3,(H,13,14,15). The van der Waals surface area contributed by atoms with Gasteiger partial charge in [-0.25, -0.2) is 9.97 Å². The maximum atomic E-state index is 4.64. The molecule has 82 valence electrons. The van der Waals surface area contributed by atoms with Crippen LogP contribution in [0.1, 0.15) is 49.7 Å². The Morgan fingerprint density at radius 2 is 2.00 bits per heavy atom. The fourth-order valence-electron chi connectivity index (χ4n) is 1.79. The van der Waals surface area contributed by atoms with E-state index in [1.165, 1.54) is 24.1 Å². The maximum absolute atomic E-state index is 4.64. The van der Waals surface area contributed by atoms with Gasteiger partial charge in [-0.3, -0.25) is 0 Å². The number of hydrogen-bond acceptors (Lipinski definition) is 3. The lowest BCUT2D eigenvalue weighted by molar-refractivity contribution is 0.863. The number of aromatic nitrogens is 2. The van der Waals surface area contributed by atoms with E-state index in [2.05, 4.69) is 36.1 Å². The second kappa shape index (κ2) is 4.17. The Kier molecular flexibility index (Phi) is 2.89. The van der Waals surface area contributed by atoms with Gasteiger partial charge in [-0.15, -0.1) is 0 Å². The minimum Gasteiger partial charge on any atom is -0.370 e. The third-order valence-corrected chi connectivity index (χ3v) is 2.89. The quantitative estimate of drug-likeness (QED) is 0.821. The zero-order valence-electron chi connectivity index (χ0n) is 9.80. The van der Waals surface area contributed by atoms with Gasteiger partial charge in [-0.2, -0.15) is 0 Å². The molecule has 1 aliphatic carbocycles. The molecule has 1 N–H and O–H groups in total. The molecule has 0 unspecified atom stereocenters. The summed E-state index contributed by atoms with van der Waals surface area (Å²) in [6.45, 7) is 7.28. The number of rotatable bonds is 4. The van der Waals surface area contributed by atoms with Gasteiger partial charge in [0, 0.05) is 23.7 Å². The fourth-order valence-corrected chi connectivity index (χ4v) is 1.79. The van der Waals surface area contributed by atoms with Crippen molar-refractivity contribution < 1.29 is 0 Å². The summed E-state index contributed by atoms with van der Waals surface area (Å²) < 4.78 is 0. The third kappa shape index (κ3) is 2.11. The van der Waals surface area contributed by atoms with E-state index >= 15 is 0 Å². The summed E-state index contributed by atoms with van der Waals surface area (Å²) in [6, 6.07) is 0. The normalized spacial score (nSPS) is 15.4. The molecule has 1 aliphatic rings. The van der Waals surface area contributed by atoms with Crippen LogP contribution < -0.4 is 5.32 Å². The van der Waals surface area contributed by atoms with E-state index in [0.29, 0.717) is 5.92 Å². The first-order valence-electron chi connectivity index (χ1n) is 5.87. The molecule has 0 spiro atoms. The molecule has 1 saturated carbocycles. The molecule has 0 amide bonds. The SMILES string of the molecule is CCNc1nc(C2CC2)nc(CC)c1C. The average molecular weight is 205 g/mol. The molecule has 3 nitrogen and oxygen atoms in total. The number of aryl methyl sites for hydroxylation is 1. The summed E-state index contributed by atoms with van der Waals surface area (Å²) >= 11 is 0. The van der Waals surface area contributed by atoms with Gasteiger partial charge < -0.3 is 5.32 Å². The Morgan fingerprint density at radius 1 is 1.27 bits per heavy atom. The van der Waals surface area contributed by atoms with Gasteiger partial charge in [0.15, 0.2) is 0 Å². The molecule has 3 heteroatoms. The van der Waals surface area contributed by atoms with Crippen molar-refractivity contribution in [2.45, 2.75) is 46.0 Å². The molecule has 0 saturated heterocycles. The smallest absolute Gasteiger partial charge is 0.134 e. The van der Waals surface area contributed by atoms with Crippen LogP contribution in [0, 0.1) is 6.92 Å². The molecule has 0 aromatic carbocycles.